The summed E-state index contributed by atoms with van der Waals surface area (Å²) >= 11 is 0. The minimum absolute atomic E-state index is 0.0489. The molecule has 0 spiro atoms. The molecule has 0 radical (unpaired) electrons. The topological polar surface area (TPSA) is 92.4 Å². The van der Waals surface area contributed by atoms with Crippen LogP contribution in [0.3, 0.4) is 0 Å². The summed E-state index contributed by atoms with van der Waals surface area (Å²) in [7, 11) is 0. The molecule has 1 amide bonds. The maximum Gasteiger partial charge on any atom is 0.337 e. The maximum atomic E-state index is 12.1. The van der Waals surface area contributed by atoms with E-state index in [0.717, 1.165) is 5.56 Å². The Labute approximate surface area is 116 Å². The van der Waals surface area contributed by atoms with E-state index >= 15 is 0 Å². The molecule has 102 valence electrons. The number of rotatable bonds is 3. The summed E-state index contributed by atoms with van der Waals surface area (Å²) in [4.78, 5) is 23.3. The lowest BCUT2D eigenvalue weighted by Crippen LogP contribution is -2.16. The smallest absolute Gasteiger partial charge is 0.337 e. The van der Waals surface area contributed by atoms with E-state index in [4.69, 9.17) is 10.8 Å². The van der Waals surface area contributed by atoms with Crippen LogP contribution in [0.25, 0.3) is 0 Å². The van der Waals surface area contributed by atoms with Gasteiger partial charge in [0.05, 0.1) is 16.8 Å². The monoisotopic (exact) mass is 270 g/mol. The zero-order valence-electron chi connectivity index (χ0n) is 10.9. The van der Waals surface area contributed by atoms with Gasteiger partial charge in [0.2, 0.25) is 0 Å². The second-order valence-corrected chi connectivity index (χ2v) is 4.40. The van der Waals surface area contributed by atoms with E-state index in [-0.39, 0.29) is 11.3 Å². The molecule has 0 bridgehead atoms. The summed E-state index contributed by atoms with van der Waals surface area (Å²) in [5.41, 5.74) is 7.47. The Morgan fingerprint density at radius 2 is 1.80 bits per heavy atom. The van der Waals surface area contributed by atoms with Gasteiger partial charge in [-0.1, -0.05) is 23.8 Å². The molecular weight excluding hydrogens is 256 g/mol. The summed E-state index contributed by atoms with van der Waals surface area (Å²) in [6.07, 6.45) is 0. The van der Waals surface area contributed by atoms with Gasteiger partial charge in [0.1, 0.15) is 0 Å². The number of aryl methyl sites for hydroxylation is 1. The predicted octanol–water partition coefficient (Wildman–Crippen LogP) is 2.53. The quantitative estimate of drug-likeness (QED) is 0.747. The minimum atomic E-state index is -1.09. The summed E-state index contributed by atoms with van der Waals surface area (Å²) in [5, 5.41) is 11.7. The van der Waals surface area contributed by atoms with Crippen molar-refractivity contribution >= 4 is 23.3 Å². The van der Waals surface area contributed by atoms with Crippen LogP contribution in [0.2, 0.25) is 0 Å². The van der Waals surface area contributed by atoms with E-state index in [1.165, 1.54) is 6.07 Å². The molecule has 0 aliphatic carbocycles. The van der Waals surface area contributed by atoms with Crippen molar-refractivity contribution in [3.05, 3.63) is 59.2 Å². The maximum absolute atomic E-state index is 12.1. The third-order valence-electron chi connectivity index (χ3n) is 2.86. The van der Waals surface area contributed by atoms with Crippen LogP contribution in [0.1, 0.15) is 26.3 Å². The number of aromatic carboxylic acids is 1. The van der Waals surface area contributed by atoms with Gasteiger partial charge in [0, 0.05) is 5.69 Å². The highest BCUT2D eigenvalue weighted by molar-refractivity contribution is 6.10. The lowest BCUT2D eigenvalue weighted by molar-refractivity contribution is 0.0698. The van der Waals surface area contributed by atoms with Crippen LogP contribution in [0.4, 0.5) is 11.4 Å². The lowest BCUT2D eigenvalue weighted by atomic mass is 10.1. The van der Waals surface area contributed by atoms with Crippen LogP contribution < -0.4 is 11.1 Å². The molecule has 20 heavy (non-hydrogen) atoms. The Bertz CT molecular complexity index is 681. The number of nitrogens with two attached hydrogens (primary N) is 1. The summed E-state index contributed by atoms with van der Waals surface area (Å²) < 4.78 is 0. The van der Waals surface area contributed by atoms with E-state index in [2.05, 4.69) is 5.32 Å². The van der Waals surface area contributed by atoms with Gasteiger partial charge in [0.15, 0.2) is 0 Å². The van der Waals surface area contributed by atoms with E-state index in [1.807, 2.05) is 0 Å². The molecule has 0 aromatic heterocycles. The third kappa shape index (κ3) is 2.77. The lowest BCUT2D eigenvalue weighted by Gasteiger charge is -2.10. The molecule has 0 aliphatic heterocycles. The van der Waals surface area contributed by atoms with Crippen molar-refractivity contribution in [3.63, 3.8) is 0 Å². The molecule has 0 heterocycles. The first-order chi connectivity index (χ1) is 9.49. The van der Waals surface area contributed by atoms with Gasteiger partial charge in [-0.15, -0.1) is 0 Å². The summed E-state index contributed by atoms with van der Waals surface area (Å²) in [6.45, 7) is 1.78. The van der Waals surface area contributed by atoms with Crippen LogP contribution in [0.5, 0.6) is 0 Å². The van der Waals surface area contributed by atoms with Gasteiger partial charge in [-0.2, -0.15) is 0 Å². The molecule has 4 N–H and O–H groups in total. The van der Waals surface area contributed by atoms with Crippen molar-refractivity contribution in [2.75, 3.05) is 11.1 Å². The molecule has 5 heteroatoms. The van der Waals surface area contributed by atoms with Crippen molar-refractivity contribution in [1.29, 1.82) is 0 Å². The van der Waals surface area contributed by atoms with Gasteiger partial charge in [-0.05, 0) is 31.2 Å². The molecule has 0 unspecified atom stereocenters. The van der Waals surface area contributed by atoms with Crippen LogP contribution in [0, 0.1) is 6.92 Å². The fourth-order valence-electron chi connectivity index (χ4n) is 1.84. The molecule has 0 saturated carbocycles. The number of carboxylic acids is 1. The van der Waals surface area contributed by atoms with Gasteiger partial charge in [-0.25, -0.2) is 4.79 Å². The molecular formula is C15H14N2O3. The number of hydrogen-bond acceptors (Lipinski definition) is 3. The molecule has 0 saturated heterocycles. The number of carbonyl (C=O) groups is 2. The fraction of sp³-hybridized carbons (Fsp3) is 0.0667. The Morgan fingerprint density at radius 1 is 1.10 bits per heavy atom. The van der Waals surface area contributed by atoms with Gasteiger partial charge < -0.3 is 16.2 Å². The molecule has 0 fully saturated rings. The Hall–Kier alpha value is -2.82. The number of para-hydroxylation sites is 1. The van der Waals surface area contributed by atoms with E-state index < -0.39 is 11.9 Å². The van der Waals surface area contributed by atoms with Crippen molar-refractivity contribution in [2.45, 2.75) is 6.92 Å². The van der Waals surface area contributed by atoms with Crippen molar-refractivity contribution in [3.8, 4) is 0 Å². The second kappa shape index (κ2) is 5.44. The largest absolute Gasteiger partial charge is 0.478 e. The summed E-state index contributed by atoms with van der Waals surface area (Å²) in [6, 6.07) is 11.4. The number of nitrogen functional groups attached to an aromatic ring is 1. The van der Waals surface area contributed by atoms with Gasteiger partial charge in [-0.3, -0.25) is 4.79 Å². The number of anilines is 2. The average molecular weight is 270 g/mol. The number of carbonyl (C=O) groups excluding carboxylic acids is 1. The van der Waals surface area contributed by atoms with Crippen LogP contribution >= 0.6 is 0 Å². The second-order valence-electron chi connectivity index (χ2n) is 4.40. The van der Waals surface area contributed by atoms with E-state index in [1.54, 1.807) is 43.3 Å². The van der Waals surface area contributed by atoms with Gasteiger partial charge in [0.25, 0.3) is 5.91 Å². The SMILES string of the molecule is Cc1ccc(NC(=O)c2ccccc2N)c(C(=O)O)c1. The zero-order chi connectivity index (χ0) is 14.7. The van der Waals surface area contributed by atoms with E-state index in [0.29, 0.717) is 11.3 Å². The van der Waals surface area contributed by atoms with Gasteiger partial charge >= 0.3 is 5.97 Å². The standard InChI is InChI=1S/C15H14N2O3/c1-9-6-7-13(11(8-9)15(19)20)17-14(18)10-4-2-3-5-12(10)16/h2-8H,16H2,1H3,(H,17,18)(H,19,20). The van der Waals surface area contributed by atoms with Crippen molar-refractivity contribution < 1.29 is 14.7 Å². The first kappa shape index (κ1) is 13.6. The van der Waals surface area contributed by atoms with Crippen molar-refractivity contribution in [1.82, 2.24) is 0 Å². The molecule has 2 rings (SSSR count). The number of amides is 1. The van der Waals surface area contributed by atoms with Crippen molar-refractivity contribution in [2.24, 2.45) is 0 Å². The molecule has 2 aromatic rings. The molecule has 0 aliphatic rings. The number of nitrogens with one attached hydrogen (secondary N) is 1. The Morgan fingerprint density at radius 3 is 2.45 bits per heavy atom. The molecule has 2 aromatic carbocycles. The van der Waals surface area contributed by atoms with Crippen LogP contribution in [-0.2, 0) is 0 Å². The molecule has 0 atom stereocenters. The van der Waals surface area contributed by atoms with Crippen LogP contribution in [0.15, 0.2) is 42.5 Å². The average Bonchev–Trinajstić information content (AvgIpc) is 2.41. The Balaban J connectivity index is 2.33. The highest BCUT2D eigenvalue weighted by atomic mass is 16.4. The summed E-state index contributed by atoms with van der Waals surface area (Å²) in [5.74, 6) is -1.53. The highest BCUT2D eigenvalue weighted by Gasteiger charge is 2.15. The normalized spacial score (nSPS) is 10.1. The Kier molecular flexibility index (Phi) is 3.70. The first-order valence-corrected chi connectivity index (χ1v) is 5.99. The first-order valence-electron chi connectivity index (χ1n) is 5.99. The van der Waals surface area contributed by atoms with E-state index in [9.17, 15) is 9.59 Å². The molecule has 5 nitrogen and oxygen atoms in total. The highest BCUT2D eigenvalue weighted by Crippen LogP contribution is 2.20. The third-order valence-corrected chi connectivity index (χ3v) is 2.86. The van der Waals surface area contributed by atoms with Crippen LogP contribution in [-0.4, -0.2) is 17.0 Å². The number of hydrogen-bond donors (Lipinski definition) is 3. The number of benzene rings is 2. The zero-order valence-corrected chi connectivity index (χ0v) is 10.9. The fourth-order valence-corrected chi connectivity index (χ4v) is 1.84. The number of carboxylic acid groups (broad SMARTS) is 1. The minimum Gasteiger partial charge on any atom is -0.478 e. The predicted molar refractivity (Wildman–Crippen MR) is 76.9 cm³/mol.